The van der Waals surface area contributed by atoms with Gasteiger partial charge in [0.05, 0.1) is 6.61 Å². The van der Waals surface area contributed by atoms with Gasteiger partial charge in [-0.3, -0.25) is 0 Å². The van der Waals surface area contributed by atoms with E-state index in [2.05, 4.69) is 43.0 Å². The van der Waals surface area contributed by atoms with Crippen molar-refractivity contribution in [3.8, 4) is 0 Å². The van der Waals surface area contributed by atoms with Gasteiger partial charge in [0, 0.05) is 14.7 Å². The van der Waals surface area contributed by atoms with Crippen LogP contribution in [0.15, 0.2) is 51.1 Å². The summed E-state index contributed by atoms with van der Waals surface area (Å²) in [6.45, 7) is 0.0833. The minimum Gasteiger partial charge on any atom is -0.392 e. The van der Waals surface area contributed by atoms with Crippen molar-refractivity contribution in [2.75, 3.05) is 0 Å². The second kappa shape index (κ2) is 4.84. The van der Waals surface area contributed by atoms with Gasteiger partial charge < -0.3 is 5.11 Å². The third-order valence-corrected chi connectivity index (χ3v) is 4.36. The molecular weight excluding hydrogens is 260 g/mol. The highest BCUT2D eigenvalue weighted by Crippen LogP contribution is 2.38. The van der Waals surface area contributed by atoms with Crippen LogP contribution in [0, 0.1) is 0 Å². The molecule has 0 saturated heterocycles. The van der Waals surface area contributed by atoms with Gasteiger partial charge in [-0.25, -0.2) is 0 Å². The molecule has 0 atom stereocenters. The van der Waals surface area contributed by atoms with Crippen molar-refractivity contribution in [3.05, 3.63) is 53.1 Å². The predicted molar refractivity (Wildman–Crippen MR) is 79.1 cm³/mol. The maximum Gasteiger partial charge on any atom is 0.0682 e. The number of hydrogen-bond acceptors (Lipinski definition) is 3. The van der Waals surface area contributed by atoms with Crippen LogP contribution < -0.4 is 0 Å². The van der Waals surface area contributed by atoms with E-state index in [-0.39, 0.29) is 6.61 Å². The van der Waals surface area contributed by atoms with Gasteiger partial charge in [0.2, 0.25) is 0 Å². The Morgan fingerprint density at radius 2 is 1.78 bits per heavy atom. The van der Waals surface area contributed by atoms with E-state index in [0.717, 1.165) is 10.5 Å². The van der Waals surface area contributed by atoms with Gasteiger partial charge in [0.15, 0.2) is 0 Å². The first-order chi connectivity index (χ1) is 8.76. The summed E-state index contributed by atoms with van der Waals surface area (Å²) in [5.74, 6) is 0. The molecular formula is C15H12OS2. The first kappa shape index (κ1) is 11.9. The van der Waals surface area contributed by atoms with Gasteiger partial charge in [-0.2, -0.15) is 0 Å². The van der Waals surface area contributed by atoms with Gasteiger partial charge in [-0.15, -0.1) is 12.6 Å². The summed E-state index contributed by atoms with van der Waals surface area (Å²) in [5, 5.41) is 9.20. The lowest BCUT2D eigenvalue weighted by Crippen LogP contribution is -1.86. The summed E-state index contributed by atoms with van der Waals surface area (Å²) in [6, 6.07) is 12.2. The average Bonchev–Trinajstić information content (AvgIpc) is 2.56. The van der Waals surface area contributed by atoms with Gasteiger partial charge in [0.1, 0.15) is 0 Å². The summed E-state index contributed by atoms with van der Waals surface area (Å²) in [5.41, 5.74) is 3.33. The van der Waals surface area contributed by atoms with Crippen LogP contribution in [0.1, 0.15) is 16.7 Å². The lowest BCUT2D eigenvalue weighted by Gasteiger charge is -2.07. The first-order valence-electron chi connectivity index (χ1n) is 5.69. The number of hydrogen-bond donors (Lipinski definition) is 2. The van der Waals surface area contributed by atoms with Crippen LogP contribution in [-0.4, -0.2) is 5.11 Å². The normalized spacial score (nSPS) is 12.8. The van der Waals surface area contributed by atoms with Crippen LogP contribution in [0.25, 0.3) is 12.2 Å². The molecule has 1 heterocycles. The quantitative estimate of drug-likeness (QED) is 0.650. The van der Waals surface area contributed by atoms with Gasteiger partial charge >= 0.3 is 0 Å². The van der Waals surface area contributed by atoms with Crippen LogP contribution >= 0.6 is 24.4 Å². The molecule has 0 spiro atoms. The molecule has 3 rings (SSSR count). The predicted octanol–water partition coefficient (Wildman–Crippen LogP) is 4.10. The second-order valence-electron chi connectivity index (χ2n) is 4.19. The van der Waals surface area contributed by atoms with Gasteiger partial charge in [-0.1, -0.05) is 36.0 Å². The van der Waals surface area contributed by atoms with Gasteiger partial charge in [-0.05, 0) is 41.0 Å². The molecule has 0 bridgehead atoms. The summed E-state index contributed by atoms with van der Waals surface area (Å²) in [4.78, 5) is 3.38. The Bertz CT molecular complexity index is 632. The Morgan fingerprint density at radius 1 is 0.944 bits per heavy atom. The Balaban J connectivity index is 2.11. The highest BCUT2D eigenvalue weighted by atomic mass is 32.2. The Labute approximate surface area is 116 Å². The largest absolute Gasteiger partial charge is 0.392 e. The Kier molecular flexibility index (Phi) is 3.20. The van der Waals surface area contributed by atoms with E-state index < -0.39 is 0 Å². The van der Waals surface area contributed by atoms with Crippen LogP contribution in [-0.2, 0) is 6.61 Å². The minimum absolute atomic E-state index is 0.0833. The van der Waals surface area contributed by atoms with Crippen LogP contribution in [0.5, 0.6) is 0 Å². The van der Waals surface area contributed by atoms with E-state index in [1.54, 1.807) is 11.8 Å². The maximum atomic E-state index is 9.20. The molecule has 1 N–H and O–H groups in total. The number of rotatable bonds is 1. The van der Waals surface area contributed by atoms with Crippen LogP contribution in [0.3, 0.4) is 0 Å². The lowest BCUT2D eigenvalue weighted by atomic mass is 10.1. The molecule has 0 fully saturated rings. The van der Waals surface area contributed by atoms with E-state index in [1.807, 2.05) is 18.2 Å². The molecule has 0 aromatic heterocycles. The molecule has 1 nitrogen and oxygen atoms in total. The van der Waals surface area contributed by atoms with E-state index in [9.17, 15) is 5.11 Å². The maximum absolute atomic E-state index is 9.20. The third-order valence-electron chi connectivity index (χ3n) is 2.92. The molecule has 90 valence electrons. The number of fused-ring (bicyclic) bond motifs is 2. The summed E-state index contributed by atoms with van der Waals surface area (Å²) < 4.78 is 0. The number of aliphatic hydroxyl groups is 1. The molecule has 2 aromatic rings. The second-order valence-corrected chi connectivity index (χ2v) is 5.79. The van der Waals surface area contributed by atoms with Crippen LogP contribution in [0.4, 0.5) is 0 Å². The van der Waals surface area contributed by atoms with Gasteiger partial charge in [0.25, 0.3) is 0 Å². The molecule has 18 heavy (non-hydrogen) atoms. The smallest absolute Gasteiger partial charge is 0.0682 e. The Hall–Kier alpha value is -1.16. The fraction of sp³-hybridized carbons (Fsp3) is 0.0667. The molecule has 0 aliphatic carbocycles. The highest BCUT2D eigenvalue weighted by Gasteiger charge is 2.10. The molecule has 0 unspecified atom stereocenters. The van der Waals surface area contributed by atoms with Crippen molar-refractivity contribution >= 4 is 36.5 Å². The lowest BCUT2D eigenvalue weighted by molar-refractivity contribution is 0.281. The molecule has 0 saturated carbocycles. The van der Waals surface area contributed by atoms with Crippen molar-refractivity contribution in [1.29, 1.82) is 0 Å². The monoisotopic (exact) mass is 272 g/mol. The number of benzene rings is 2. The van der Waals surface area contributed by atoms with E-state index >= 15 is 0 Å². The zero-order valence-electron chi connectivity index (χ0n) is 9.63. The molecule has 0 amide bonds. The standard InChI is InChI=1S/C15H12OS2/c16-9-10-1-2-11-3-4-12-8-13(17)5-6-14(12)18-15(11)7-10/h1-8,16-17H,9H2. The fourth-order valence-corrected chi connectivity index (χ4v) is 3.26. The third kappa shape index (κ3) is 2.21. The van der Waals surface area contributed by atoms with E-state index in [0.29, 0.717) is 0 Å². The Morgan fingerprint density at radius 3 is 2.61 bits per heavy atom. The van der Waals surface area contributed by atoms with E-state index in [4.69, 9.17) is 0 Å². The molecule has 3 heteroatoms. The van der Waals surface area contributed by atoms with Crippen molar-refractivity contribution < 1.29 is 5.11 Å². The zero-order valence-corrected chi connectivity index (χ0v) is 11.3. The van der Waals surface area contributed by atoms with Crippen LogP contribution in [0.2, 0.25) is 0 Å². The molecule has 2 aromatic carbocycles. The van der Waals surface area contributed by atoms with Crippen molar-refractivity contribution in [2.24, 2.45) is 0 Å². The molecule has 1 aliphatic heterocycles. The van der Waals surface area contributed by atoms with Crippen molar-refractivity contribution in [1.82, 2.24) is 0 Å². The average molecular weight is 272 g/mol. The van der Waals surface area contributed by atoms with Crippen molar-refractivity contribution in [2.45, 2.75) is 21.3 Å². The highest BCUT2D eigenvalue weighted by molar-refractivity contribution is 7.99. The molecule has 0 radical (unpaired) electrons. The fourth-order valence-electron chi connectivity index (χ4n) is 1.96. The topological polar surface area (TPSA) is 20.2 Å². The minimum atomic E-state index is 0.0833. The van der Waals surface area contributed by atoms with E-state index in [1.165, 1.54) is 20.9 Å². The summed E-state index contributed by atoms with van der Waals surface area (Å²) in [7, 11) is 0. The van der Waals surface area contributed by atoms with Crippen molar-refractivity contribution in [3.63, 3.8) is 0 Å². The summed E-state index contributed by atoms with van der Waals surface area (Å²) in [6.07, 6.45) is 4.23. The molecule has 1 aliphatic rings. The first-order valence-corrected chi connectivity index (χ1v) is 6.95. The summed E-state index contributed by atoms with van der Waals surface area (Å²) >= 11 is 6.10. The number of aliphatic hydroxyl groups excluding tert-OH is 1. The zero-order chi connectivity index (χ0) is 12.5. The SMILES string of the molecule is OCc1ccc2c(c1)Sc1ccc(S)cc1C=C2. The number of thiol groups is 1.